The Labute approximate surface area is 132 Å². The highest BCUT2D eigenvalue weighted by molar-refractivity contribution is 8.02. The number of halogens is 1. The molecule has 0 aliphatic heterocycles. The molecule has 2 heterocycles. The lowest BCUT2D eigenvalue weighted by atomic mass is 10.3. The maximum absolute atomic E-state index is 5.99. The molecule has 6 heteroatoms. The molecule has 4 aromatic rings. The van der Waals surface area contributed by atoms with Gasteiger partial charge < -0.3 is 0 Å². The number of thiazole rings is 2. The fourth-order valence-electron chi connectivity index (χ4n) is 1.89. The van der Waals surface area contributed by atoms with E-state index in [0.717, 1.165) is 29.4 Å². The van der Waals surface area contributed by atoms with Crippen LogP contribution in [-0.2, 0) is 0 Å². The van der Waals surface area contributed by atoms with Crippen molar-refractivity contribution in [3.63, 3.8) is 0 Å². The van der Waals surface area contributed by atoms with Crippen LogP contribution in [0.2, 0.25) is 5.02 Å². The Morgan fingerprint density at radius 3 is 2.35 bits per heavy atom. The summed E-state index contributed by atoms with van der Waals surface area (Å²) < 4.78 is 4.38. The molecule has 0 fully saturated rings. The van der Waals surface area contributed by atoms with Crippen molar-refractivity contribution in [2.24, 2.45) is 0 Å². The molecular weight excluding hydrogens is 328 g/mol. The molecule has 2 nitrogen and oxygen atoms in total. The Bertz CT molecular complexity index is 880. The number of benzene rings is 2. The van der Waals surface area contributed by atoms with E-state index in [9.17, 15) is 0 Å². The number of aromatic nitrogens is 2. The summed E-state index contributed by atoms with van der Waals surface area (Å²) in [6, 6.07) is 14.0. The van der Waals surface area contributed by atoms with Crippen molar-refractivity contribution in [3.8, 4) is 0 Å². The molecule has 2 aromatic heterocycles. The molecule has 0 saturated carbocycles. The SMILES string of the molecule is Clc1ccc2sc(Sc3nc4ccccc4s3)nc2c1. The minimum absolute atomic E-state index is 0.722. The molecule has 4 rings (SSSR count). The molecule has 0 unspecified atom stereocenters. The zero-order valence-electron chi connectivity index (χ0n) is 10.0. The second-order valence-corrected chi connectivity index (χ2v) is 8.13. The van der Waals surface area contributed by atoms with E-state index in [-0.39, 0.29) is 0 Å². The van der Waals surface area contributed by atoms with E-state index in [4.69, 9.17) is 11.6 Å². The molecular formula is C14H7ClN2S3. The van der Waals surface area contributed by atoms with Crippen LogP contribution >= 0.6 is 46.0 Å². The fraction of sp³-hybridized carbons (Fsp3) is 0. The topological polar surface area (TPSA) is 25.8 Å². The third kappa shape index (κ3) is 2.31. The third-order valence-electron chi connectivity index (χ3n) is 2.78. The van der Waals surface area contributed by atoms with Gasteiger partial charge >= 0.3 is 0 Å². The van der Waals surface area contributed by atoms with Crippen molar-refractivity contribution >= 4 is 66.5 Å². The zero-order valence-corrected chi connectivity index (χ0v) is 13.2. The van der Waals surface area contributed by atoms with Crippen LogP contribution in [0.15, 0.2) is 51.1 Å². The second kappa shape index (κ2) is 5.00. The molecule has 0 N–H and O–H groups in total. The number of nitrogens with zero attached hydrogens (tertiary/aromatic N) is 2. The molecule has 98 valence electrons. The highest BCUT2D eigenvalue weighted by Crippen LogP contribution is 2.38. The van der Waals surface area contributed by atoms with Crippen LogP contribution < -0.4 is 0 Å². The predicted octanol–water partition coefficient (Wildman–Crippen LogP) is 5.71. The number of fused-ring (bicyclic) bond motifs is 2. The normalized spacial score (nSPS) is 11.4. The lowest BCUT2D eigenvalue weighted by Gasteiger charge is -1.87. The molecule has 0 bridgehead atoms. The predicted molar refractivity (Wildman–Crippen MR) is 88.4 cm³/mol. The molecule has 0 amide bonds. The Morgan fingerprint density at radius 1 is 0.850 bits per heavy atom. The number of hydrogen-bond donors (Lipinski definition) is 0. The molecule has 0 spiro atoms. The fourth-order valence-corrected chi connectivity index (χ4v) is 5.37. The smallest absolute Gasteiger partial charge is 0.158 e. The summed E-state index contributed by atoms with van der Waals surface area (Å²) in [5.74, 6) is 0. The van der Waals surface area contributed by atoms with Crippen LogP contribution in [0.25, 0.3) is 20.4 Å². The summed E-state index contributed by atoms with van der Waals surface area (Å²) in [6.07, 6.45) is 0. The first-order valence-corrected chi connectivity index (χ1v) is 8.70. The monoisotopic (exact) mass is 334 g/mol. The van der Waals surface area contributed by atoms with Crippen LogP contribution in [0.4, 0.5) is 0 Å². The van der Waals surface area contributed by atoms with Crippen LogP contribution in [0.3, 0.4) is 0 Å². The number of hydrogen-bond acceptors (Lipinski definition) is 5. The lowest BCUT2D eigenvalue weighted by molar-refractivity contribution is 1.26. The average Bonchev–Trinajstić information content (AvgIpc) is 3.00. The van der Waals surface area contributed by atoms with Gasteiger partial charge in [0, 0.05) is 5.02 Å². The minimum Gasteiger partial charge on any atom is -0.229 e. The molecule has 0 aliphatic rings. The highest BCUT2D eigenvalue weighted by atomic mass is 35.5. The largest absolute Gasteiger partial charge is 0.229 e. The van der Waals surface area contributed by atoms with Crippen molar-refractivity contribution in [1.82, 2.24) is 9.97 Å². The van der Waals surface area contributed by atoms with E-state index < -0.39 is 0 Å². The Morgan fingerprint density at radius 2 is 1.55 bits per heavy atom. The van der Waals surface area contributed by atoms with Crippen molar-refractivity contribution < 1.29 is 0 Å². The molecule has 0 saturated heterocycles. The molecule has 0 radical (unpaired) electrons. The molecule has 2 aromatic carbocycles. The van der Waals surface area contributed by atoms with Gasteiger partial charge in [0.05, 0.1) is 20.4 Å². The maximum atomic E-state index is 5.99. The Hall–Kier alpha value is -1.14. The lowest BCUT2D eigenvalue weighted by Crippen LogP contribution is -1.71. The summed E-state index contributed by atoms with van der Waals surface area (Å²) in [5, 5.41) is 0.722. The van der Waals surface area contributed by atoms with Crippen LogP contribution in [0, 0.1) is 0 Å². The van der Waals surface area contributed by atoms with Gasteiger partial charge in [0.2, 0.25) is 0 Å². The van der Waals surface area contributed by atoms with Gasteiger partial charge in [-0.25, -0.2) is 9.97 Å². The summed E-state index contributed by atoms with van der Waals surface area (Å²) in [5.41, 5.74) is 2.00. The summed E-state index contributed by atoms with van der Waals surface area (Å²) in [6.45, 7) is 0. The van der Waals surface area contributed by atoms with Gasteiger partial charge in [0.25, 0.3) is 0 Å². The van der Waals surface area contributed by atoms with E-state index in [1.807, 2.05) is 36.4 Å². The van der Waals surface area contributed by atoms with Crippen LogP contribution in [0.1, 0.15) is 0 Å². The summed E-state index contributed by atoms with van der Waals surface area (Å²) in [7, 11) is 0. The van der Waals surface area contributed by atoms with E-state index in [1.54, 1.807) is 34.4 Å². The van der Waals surface area contributed by atoms with Crippen molar-refractivity contribution in [2.75, 3.05) is 0 Å². The number of para-hydroxylation sites is 1. The Kier molecular flexibility index (Phi) is 3.15. The van der Waals surface area contributed by atoms with Gasteiger partial charge in [0.1, 0.15) is 0 Å². The summed E-state index contributed by atoms with van der Waals surface area (Å²) >= 11 is 11.0. The van der Waals surface area contributed by atoms with Gasteiger partial charge in [-0.15, -0.1) is 22.7 Å². The van der Waals surface area contributed by atoms with E-state index in [2.05, 4.69) is 16.0 Å². The first-order chi connectivity index (χ1) is 9.78. The van der Waals surface area contributed by atoms with E-state index in [0.29, 0.717) is 0 Å². The maximum Gasteiger partial charge on any atom is 0.158 e. The van der Waals surface area contributed by atoms with E-state index >= 15 is 0 Å². The molecule has 20 heavy (non-hydrogen) atoms. The van der Waals surface area contributed by atoms with Gasteiger partial charge in [-0.05, 0) is 42.1 Å². The molecule has 0 atom stereocenters. The first-order valence-electron chi connectivity index (χ1n) is 5.87. The minimum atomic E-state index is 0.722. The quantitative estimate of drug-likeness (QED) is 0.469. The van der Waals surface area contributed by atoms with Crippen LogP contribution in [0.5, 0.6) is 0 Å². The van der Waals surface area contributed by atoms with E-state index in [1.165, 1.54) is 4.70 Å². The van der Waals surface area contributed by atoms with Gasteiger partial charge in [-0.2, -0.15) is 0 Å². The molecule has 0 aliphatic carbocycles. The number of rotatable bonds is 2. The van der Waals surface area contributed by atoms with Crippen molar-refractivity contribution in [1.29, 1.82) is 0 Å². The zero-order chi connectivity index (χ0) is 13.5. The van der Waals surface area contributed by atoms with Crippen LogP contribution in [-0.4, -0.2) is 9.97 Å². The third-order valence-corrected chi connectivity index (χ3v) is 6.21. The first kappa shape index (κ1) is 12.6. The van der Waals surface area contributed by atoms with Gasteiger partial charge in [-0.3, -0.25) is 0 Å². The van der Waals surface area contributed by atoms with Gasteiger partial charge in [0.15, 0.2) is 8.68 Å². The standard InChI is InChI=1S/C14H7ClN2S3/c15-8-5-6-12-10(7-8)17-14(19-12)20-13-16-9-3-1-2-4-11(9)18-13/h1-7H. The van der Waals surface area contributed by atoms with Crippen molar-refractivity contribution in [3.05, 3.63) is 47.5 Å². The second-order valence-electron chi connectivity index (χ2n) is 4.14. The highest BCUT2D eigenvalue weighted by Gasteiger charge is 2.09. The average molecular weight is 335 g/mol. The van der Waals surface area contributed by atoms with Gasteiger partial charge in [-0.1, -0.05) is 23.7 Å². The Balaban J connectivity index is 1.72. The summed E-state index contributed by atoms with van der Waals surface area (Å²) in [4.78, 5) is 9.22. The van der Waals surface area contributed by atoms with Crippen molar-refractivity contribution in [2.45, 2.75) is 8.68 Å².